The molecule has 0 aromatic rings. The Hall–Kier alpha value is -1.10. The van der Waals surface area contributed by atoms with Crippen LogP contribution in [0, 0.1) is 17.8 Å². The first kappa shape index (κ1) is 15.0. The van der Waals surface area contributed by atoms with Crippen LogP contribution in [0.1, 0.15) is 39.5 Å². The van der Waals surface area contributed by atoms with Crippen LogP contribution >= 0.6 is 0 Å². The van der Waals surface area contributed by atoms with Gasteiger partial charge in [0.2, 0.25) is 5.91 Å². The molecule has 5 nitrogen and oxygen atoms in total. The Morgan fingerprint density at radius 1 is 1.28 bits per heavy atom. The number of amides is 1. The van der Waals surface area contributed by atoms with Gasteiger partial charge in [0, 0.05) is 12.6 Å². The van der Waals surface area contributed by atoms with Crippen LogP contribution in [-0.4, -0.2) is 34.7 Å². The Kier molecular flexibility index (Phi) is 5.59. The molecular weight excluding hydrogens is 234 g/mol. The highest BCUT2D eigenvalue weighted by atomic mass is 16.4. The molecule has 5 heteroatoms. The minimum Gasteiger partial charge on any atom is -0.481 e. The Morgan fingerprint density at radius 3 is 2.39 bits per heavy atom. The van der Waals surface area contributed by atoms with Gasteiger partial charge in [-0.15, -0.1) is 0 Å². The SMILES string of the molecule is CC(C)C(CCO)NC(=O)[C@@H]1CCC[C@@H]1C(=O)O. The zero-order valence-corrected chi connectivity index (χ0v) is 11.1. The van der Waals surface area contributed by atoms with Crippen molar-refractivity contribution in [2.75, 3.05) is 6.61 Å². The number of carboxylic acid groups (broad SMARTS) is 1. The first-order valence-electron chi connectivity index (χ1n) is 6.61. The van der Waals surface area contributed by atoms with Crippen LogP contribution in [0.2, 0.25) is 0 Å². The summed E-state index contributed by atoms with van der Waals surface area (Å²) in [5.41, 5.74) is 0. The number of nitrogens with one attached hydrogen (secondary N) is 1. The summed E-state index contributed by atoms with van der Waals surface area (Å²) in [5, 5.41) is 20.9. The molecule has 1 aliphatic rings. The maximum atomic E-state index is 12.1. The van der Waals surface area contributed by atoms with E-state index in [2.05, 4.69) is 5.32 Å². The van der Waals surface area contributed by atoms with Crippen molar-refractivity contribution in [1.82, 2.24) is 5.32 Å². The molecule has 3 atom stereocenters. The Labute approximate surface area is 108 Å². The normalized spacial score (nSPS) is 25.1. The lowest BCUT2D eigenvalue weighted by Gasteiger charge is -2.24. The van der Waals surface area contributed by atoms with Crippen molar-refractivity contribution < 1.29 is 19.8 Å². The largest absolute Gasteiger partial charge is 0.481 e. The Bertz CT molecular complexity index is 303. The van der Waals surface area contributed by atoms with E-state index in [1.165, 1.54) is 0 Å². The van der Waals surface area contributed by atoms with Gasteiger partial charge in [-0.2, -0.15) is 0 Å². The van der Waals surface area contributed by atoms with Gasteiger partial charge in [-0.05, 0) is 25.2 Å². The van der Waals surface area contributed by atoms with Gasteiger partial charge >= 0.3 is 5.97 Å². The third-order valence-corrected chi connectivity index (χ3v) is 3.74. The van der Waals surface area contributed by atoms with E-state index in [4.69, 9.17) is 10.2 Å². The van der Waals surface area contributed by atoms with Crippen LogP contribution in [0.15, 0.2) is 0 Å². The van der Waals surface area contributed by atoms with Crippen molar-refractivity contribution in [3.8, 4) is 0 Å². The van der Waals surface area contributed by atoms with Gasteiger partial charge < -0.3 is 15.5 Å². The summed E-state index contributed by atoms with van der Waals surface area (Å²) >= 11 is 0. The molecule has 1 rings (SSSR count). The van der Waals surface area contributed by atoms with Crippen molar-refractivity contribution in [3.05, 3.63) is 0 Å². The van der Waals surface area contributed by atoms with Gasteiger partial charge in [-0.3, -0.25) is 9.59 Å². The number of aliphatic hydroxyl groups is 1. The van der Waals surface area contributed by atoms with Crippen molar-refractivity contribution in [1.29, 1.82) is 0 Å². The van der Waals surface area contributed by atoms with Crippen LogP contribution in [0.5, 0.6) is 0 Å². The lowest BCUT2D eigenvalue weighted by Crippen LogP contribution is -2.44. The van der Waals surface area contributed by atoms with Gasteiger partial charge in [-0.25, -0.2) is 0 Å². The summed E-state index contributed by atoms with van der Waals surface area (Å²) < 4.78 is 0. The van der Waals surface area contributed by atoms with E-state index >= 15 is 0 Å². The first-order chi connectivity index (χ1) is 8.47. The molecule has 0 saturated heterocycles. The molecule has 1 amide bonds. The fourth-order valence-electron chi connectivity index (χ4n) is 2.57. The second-order valence-electron chi connectivity index (χ2n) is 5.35. The van der Waals surface area contributed by atoms with E-state index in [0.29, 0.717) is 19.3 Å². The number of aliphatic hydroxyl groups excluding tert-OH is 1. The lowest BCUT2D eigenvalue weighted by molar-refractivity contribution is -0.146. The fourth-order valence-corrected chi connectivity index (χ4v) is 2.57. The van der Waals surface area contributed by atoms with Crippen LogP contribution in [0.25, 0.3) is 0 Å². The predicted octanol–water partition coefficient (Wildman–Crippen LogP) is 1.01. The average molecular weight is 257 g/mol. The molecule has 0 heterocycles. The maximum absolute atomic E-state index is 12.1. The summed E-state index contributed by atoms with van der Waals surface area (Å²) in [7, 11) is 0. The number of hydrogen-bond donors (Lipinski definition) is 3. The fraction of sp³-hybridized carbons (Fsp3) is 0.846. The third kappa shape index (κ3) is 3.70. The standard InChI is InChI=1S/C13H23NO4/c1-8(2)11(6-7-15)14-12(16)9-4-3-5-10(9)13(17)18/h8-11,15H,3-7H2,1-2H3,(H,14,16)(H,17,18)/t9-,10+,11?/m1/s1. The summed E-state index contributed by atoms with van der Waals surface area (Å²) in [5.74, 6) is -1.79. The van der Waals surface area contributed by atoms with Crippen LogP contribution in [0.3, 0.4) is 0 Å². The molecular formula is C13H23NO4. The summed E-state index contributed by atoms with van der Waals surface area (Å²) in [6, 6.07) is -0.0856. The molecule has 1 saturated carbocycles. The maximum Gasteiger partial charge on any atom is 0.307 e. The monoisotopic (exact) mass is 257 g/mol. The number of carbonyl (C=O) groups is 2. The Morgan fingerprint density at radius 2 is 1.89 bits per heavy atom. The van der Waals surface area contributed by atoms with Crippen molar-refractivity contribution in [2.45, 2.75) is 45.6 Å². The average Bonchev–Trinajstić information content (AvgIpc) is 2.77. The quantitative estimate of drug-likeness (QED) is 0.663. The van der Waals surface area contributed by atoms with Crippen LogP contribution in [-0.2, 0) is 9.59 Å². The van der Waals surface area contributed by atoms with Crippen LogP contribution < -0.4 is 5.32 Å². The zero-order chi connectivity index (χ0) is 13.7. The molecule has 0 radical (unpaired) electrons. The summed E-state index contributed by atoms with van der Waals surface area (Å²) in [4.78, 5) is 23.1. The third-order valence-electron chi connectivity index (χ3n) is 3.74. The van der Waals surface area contributed by atoms with Crippen LogP contribution in [0.4, 0.5) is 0 Å². The number of aliphatic carboxylic acids is 1. The van der Waals surface area contributed by atoms with Gasteiger partial charge in [0.15, 0.2) is 0 Å². The van der Waals surface area contributed by atoms with E-state index in [0.717, 1.165) is 6.42 Å². The smallest absolute Gasteiger partial charge is 0.307 e. The molecule has 3 N–H and O–H groups in total. The van der Waals surface area contributed by atoms with E-state index in [-0.39, 0.29) is 24.5 Å². The summed E-state index contributed by atoms with van der Waals surface area (Å²) in [6.45, 7) is 3.98. The Balaban J connectivity index is 2.60. The number of rotatable bonds is 6. The highest BCUT2D eigenvalue weighted by Crippen LogP contribution is 2.32. The summed E-state index contributed by atoms with van der Waals surface area (Å²) in [6.07, 6.45) is 2.53. The molecule has 1 aliphatic carbocycles. The molecule has 104 valence electrons. The van der Waals surface area contributed by atoms with Gasteiger partial charge in [0.05, 0.1) is 11.8 Å². The van der Waals surface area contributed by atoms with Crippen molar-refractivity contribution in [2.24, 2.45) is 17.8 Å². The predicted molar refractivity (Wildman–Crippen MR) is 66.9 cm³/mol. The number of carbonyl (C=O) groups excluding carboxylic acids is 1. The number of hydrogen-bond acceptors (Lipinski definition) is 3. The topological polar surface area (TPSA) is 86.6 Å². The van der Waals surface area contributed by atoms with E-state index in [1.54, 1.807) is 0 Å². The van der Waals surface area contributed by atoms with Crippen molar-refractivity contribution >= 4 is 11.9 Å². The first-order valence-corrected chi connectivity index (χ1v) is 6.61. The van der Waals surface area contributed by atoms with E-state index in [1.807, 2.05) is 13.8 Å². The molecule has 0 spiro atoms. The van der Waals surface area contributed by atoms with Gasteiger partial charge in [0.1, 0.15) is 0 Å². The van der Waals surface area contributed by atoms with Crippen molar-refractivity contribution in [3.63, 3.8) is 0 Å². The lowest BCUT2D eigenvalue weighted by atomic mass is 9.93. The molecule has 1 fully saturated rings. The molecule has 1 unspecified atom stereocenters. The molecule has 0 aromatic heterocycles. The second kappa shape index (κ2) is 6.73. The highest BCUT2D eigenvalue weighted by Gasteiger charge is 2.38. The molecule has 0 aliphatic heterocycles. The van der Waals surface area contributed by atoms with Gasteiger partial charge in [0.25, 0.3) is 0 Å². The van der Waals surface area contributed by atoms with Gasteiger partial charge in [-0.1, -0.05) is 20.3 Å². The van der Waals surface area contributed by atoms with E-state index in [9.17, 15) is 9.59 Å². The zero-order valence-electron chi connectivity index (χ0n) is 11.1. The van der Waals surface area contributed by atoms with E-state index < -0.39 is 17.8 Å². The number of carboxylic acids is 1. The molecule has 0 bridgehead atoms. The molecule has 18 heavy (non-hydrogen) atoms. The highest BCUT2D eigenvalue weighted by molar-refractivity contribution is 5.85. The second-order valence-corrected chi connectivity index (χ2v) is 5.35. The minimum absolute atomic E-state index is 0.0240. The molecule has 0 aromatic carbocycles. The minimum atomic E-state index is -0.879.